The number of hydrogen-bond acceptors (Lipinski definition) is 7. The zero-order valence-corrected chi connectivity index (χ0v) is 17.5. The number of fused-ring (bicyclic) bond motifs is 1. The van der Waals surface area contributed by atoms with E-state index >= 15 is 0 Å². The van der Waals surface area contributed by atoms with E-state index in [2.05, 4.69) is 0 Å². The van der Waals surface area contributed by atoms with Crippen molar-refractivity contribution in [3.05, 3.63) is 52.3 Å². The second kappa shape index (κ2) is 8.77. The first-order valence-corrected chi connectivity index (χ1v) is 9.19. The summed E-state index contributed by atoms with van der Waals surface area (Å²) in [7, 11) is 6.06. The number of nitrogens with zero attached hydrogens (tertiary/aromatic N) is 1. The van der Waals surface area contributed by atoms with Crippen LogP contribution in [-0.4, -0.2) is 45.6 Å². The minimum Gasteiger partial charge on any atom is -0.493 e. The van der Waals surface area contributed by atoms with E-state index in [1.165, 1.54) is 27.5 Å². The normalized spacial score (nSPS) is 10.6. The maximum Gasteiger partial charge on any atom is 0.343 e. The van der Waals surface area contributed by atoms with Crippen molar-refractivity contribution in [2.24, 2.45) is 0 Å². The summed E-state index contributed by atoms with van der Waals surface area (Å²) in [4.78, 5) is 25.5. The van der Waals surface area contributed by atoms with E-state index in [1.807, 2.05) is 0 Å². The predicted molar refractivity (Wildman–Crippen MR) is 112 cm³/mol. The zero-order chi connectivity index (χ0) is 21.8. The summed E-state index contributed by atoms with van der Waals surface area (Å²) in [6.07, 6.45) is 1.45. The lowest BCUT2D eigenvalue weighted by atomic mass is 10.1. The van der Waals surface area contributed by atoms with Crippen molar-refractivity contribution in [2.75, 3.05) is 35.0 Å². The topological polar surface area (TPSA) is 85.2 Å². The van der Waals surface area contributed by atoms with Gasteiger partial charge >= 0.3 is 5.97 Å². The first-order valence-electron chi connectivity index (χ1n) is 9.19. The largest absolute Gasteiger partial charge is 0.493 e. The summed E-state index contributed by atoms with van der Waals surface area (Å²) < 4.78 is 28.2. The number of ether oxygens (including phenoxy) is 5. The SMILES string of the molecule is CCOC(=O)c1cn(-c2ccc(OC)c(OC)c2)c2cc(OC)c(OC)cc2c1=O. The van der Waals surface area contributed by atoms with Gasteiger partial charge in [0, 0.05) is 24.0 Å². The highest BCUT2D eigenvalue weighted by atomic mass is 16.5. The van der Waals surface area contributed by atoms with Crippen LogP contribution in [0.15, 0.2) is 41.3 Å². The number of benzene rings is 2. The quantitative estimate of drug-likeness (QED) is 0.550. The van der Waals surface area contributed by atoms with E-state index in [0.29, 0.717) is 34.2 Å². The lowest BCUT2D eigenvalue weighted by Gasteiger charge is -2.17. The van der Waals surface area contributed by atoms with Crippen molar-refractivity contribution in [1.29, 1.82) is 0 Å². The molecule has 2 aromatic carbocycles. The number of esters is 1. The van der Waals surface area contributed by atoms with Crippen LogP contribution in [0.5, 0.6) is 23.0 Å². The molecule has 3 aromatic rings. The van der Waals surface area contributed by atoms with Gasteiger partial charge in [-0.1, -0.05) is 0 Å². The maximum atomic E-state index is 13.1. The first kappa shape index (κ1) is 21.0. The molecule has 0 aliphatic carbocycles. The molecule has 0 radical (unpaired) electrons. The lowest BCUT2D eigenvalue weighted by Crippen LogP contribution is -2.20. The molecule has 0 saturated carbocycles. The highest BCUT2D eigenvalue weighted by molar-refractivity contribution is 5.95. The Kier molecular flexibility index (Phi) is 6.15. The van der Waals surface area contributed by atoms with Crippen LogP contribution in [-0.2, 0) is 4.74 Å². The third kappa shape index (κ3) is 3.63. The Bertz CT molecular complexity index is 1150. The van der Waals surface area contributed by atoms with Crippen LogP contribution < -0.4 is 24.4 Å². The Morgan fingerprint density at radius 3 is 2.07 bits per heavy atom. The van der Waals surface area contributed by atoms with Crippen LogP contribution >= 0.6 is 0 Å². The van der Waals surface area contributed by atoms with Crippen molar-refractivity contribution in [3.8, 4) is 28.7 Å². The molecule has 0 spiro atoms. The zero-order valence-electron chi connectivity index (χ0n) is 17.5. The molecule has 0 amide bonds. The molecule has 0 fully saturated rings. The van der Waals surface area contributed by atoms with Gasteiger partial charge in [-0.25, -0.2) is 4.79 Å². The minimum atomic E-state index is -0.701. The van der Waals surface area contributed by atoms with E-state index in [-0.39, 0.29) is 17.6 Å². The van der Waals surface area contributed by atoms with Crippen LogP contribution in [0.4, 0.5) is 0 Å². The summed E-state index contributed by atoms with van der Waals surface area (Å²) in [5.74, 6) is 1.18. The number of carbonyl (C=O) groups is 1. The number of carbonyl (C=O) groups excluding carboxylic acids is 1. The molecular weight excluding hydrogens is 390 g/mol. The monoisotopic (exact) mass is 413 g/mol. The van der Waals surface area contributed by atoms with E-state index in [9.17, 15) is 9.59 Å². The number of aromatic nitrogens is 1. The molecule has 0 bridgehead atoms. The molecule has 0 aliphatic heterocycles. The standard InChI is InChI=1S/C22H23NO7/c1-6-30-22(25)15-12-23(13-7-8-17(26-2)18(9-13)27-3)16-11-20(29-5)19(28-4)10-14(16)21(15)24/h7-12H,6H2,1-5H3. The van der Waals surface area contributed by atoms with Crippen molar-refractivity contribution in [1.82, 2.24) is 4.57 Å². The van der Waals surface area contributed by atoms with Crippen molar-refractivity contribution in [2.45, 2.75) is 6.92 Å². The van der Waals surface area contributed by atoms with Gasteiger partial charge in [-0.3, -0.25) is 4.79 Å². The molecule has 0 N–H and O–H groups in total. The Morgan fingerprint density at radius 2 is 1.47 bits per heavy atom. The van der Waals surface area contributed by atoms with Gasteiger partial charge in [0.05, 0.1) is 45.9 Å². The third-order valence-electron chi connectivity index (χ3n) is 4.65. The molecule has 0 unspecified atom stereocenters. The summed E-state index contributed by atoms with van der Waals surface area (Å²) >= 11 is 0. The Hall–Kier alpha value is -3.68. The average Bonchev–Trinajstić information content (AvgIpc) is 2.78. The van der Waals surface area contributed by atoms with Gasteiger partial charge in [0.25, 0.3) is 0 Å². The minimum absolute atomic E-state index is 0.0913. The third-order valence-corrected chi connectivity index (χ3v) is 4.65. The summed E-state index contributed by atoms with van der Waals surface area (Å²) in [5, 5.41) is 0.285. The Labute approximate surface area is 173 Å². The van der Waals surface area contributed by atoms with Crippen molar-refractivity contribution < 1.29 is 28.5 Å². The second-order valence-electron chi connectivity index (χ2n) is 6.23. The lowest BCUT2D eigenvalue weighted by molar-refractivity contribution is 0.0524. The summed E-state index contributed by atoms with van der Waals surface area (Å²) in [5.41, 5.74) is 0.626. The molecule has 0 saturated heterocycles. The van der Waals surface area contributed by atoms with Gasteiger partial charge in [-0.05, 0) is 25.1 Å². The highest BCUT2D eigenvalue weighted by Crippen LogP contribution is 2.34. The van der Waals surface area contributed by atoms with E-state index in [1.54, 1.807) is 48.9 Å². The number of hydrogen-bond donors (Lipinski definition) is 0. The molecule has 0 aliphatic rings. The van der Waals surface area contributed by atoms with Crippen LogP contribution in [0.3, 0.4) is 0 Å². The van der Waals surface area contributed by atoms with E-state index in [0.717, 1.165) is 0 Å². The maximum absolute atomic E-state index is 13.1. The van der Waals surface area contributed by atoms with Gasteiger partial charge < -0.3 is 28.3 Å². The van der Waals surface area contributed by atoms with Crippen molar-refractivity contribution >= 4 is 16.9 Å². The van der Waals surface area contributed by atoms with Gasteiger partial charge in [0.1, 0.15) is 5.56 Å². The fourth-order valence-electron chi connectivity index (χ4n) is 3.19. The van der Waals surface area contributed by atoms with Crippen LogP contribution in [0.2, 0.25) is 0 Å². The highest BCUT2D eigenvalue weighted by Gasteiger charge is 2.20. The average molecular weight is 413 g/mol. The molecule has 8 heteroatoms. The Morgan fingerprint density at radius 1 is 0.867 bits per heavy atom. The molecular formula is C22H23NO7. The van der Waals surface area contributed by atoms with Crippen LogP contribution in [0, 0.1) is 0 Å². The van der Waals surface area contributed by atoms with Gasteiger partial charge in [-0.2, -0.15) is 0 Å². The molecule has 8 nitrogen and oxygen atoms in total. The molecule has 1 aromatic heterocycles. The number of pyridine rings is 1. The van der Waals surface area contributed by atoms with Gasteiger partial charge in [-0.15, -0.1) is 0 Å². The number of methoxy groups -OCH3 is 4. The van der Waals surface area contributed by atoms with E-state index < -0.39 is 11.4 Å². The predicted octanol–water partition coefficient (Wildman–Crippen LogP) is 3.20. The first-order chi connectivity index (χ1) is 14.5. The van der Waals surface area contributed by atoms with Crippen molar-refractivity contribution in [3.63, 3.8) is 0 Å². The fraction of sp³-hybridized carbons (Fsp3) is 0.273. The summed E-state index contributed by atoms with van der Waals surface area (Å²) in [6.45, 7) is 1.83. The molecule has 30 heavy (non-hydrogen) atoms. The molecule has 0 atom stereocenters. The molecule has 3 rings (SSSR count). The molecule has 1 heterocycles. The smallest absolute Gasteiger partial charge is 0.343 e. The number of rotatable bonds is 7. The van der Waals surface area contributed by atoms with Crippen LogP contribution in [0.1, 0.15) is 17.3 Å². The van der Waals surface area contributed by atoms with Crippen LogP contribution in [0.25, 0.3) is 16.6 Å². The van der Waals surface area contributed by atoms with E-state index in [4.69, 9.17) is 23.7 Å². The van der Waals surface area contributed by atoms with Gasteiger partial charge in [0.15, 0.2) is 23.0 Å². The second-order valence-corrected chi connectivity index (χ2v) is 6.23. The van der Waals surface area contributed by atoms with Gasteiger partial charge in [0.2, 0.25) is 5.43 Å². The Balaban J connectivity index is 2.40. The summed E-state index contributed by atoms with van der Waals surface area (Å²) in [6, 6.07) is 8.51. The fourth-order valence-corrected chi connectivity index (χ4v) is 3.19. The molecule has 158 valence electrons.